The predicted molar refractivity (Wildman–Crippen MR) is 90.1 cm³/mol. The minimum absolute atomic E-state index is 0.215. The number of nitrogens with one attached hydrogen (secondary N) is 1. The van der Waals surface area contributed by atoms with Crippen molar-refractivity contribution in [2.24, 2.45) is 11.0 Å². The Balaban J connectivity index is 1.68. The summed E-state index contributed by atoms with van der Waals surface area (Å²) in [5.41, 5.74) is 4.69. The van der Waals surface area contributed by atoms with E-state index in [0.717, 1.165) is 37.3 Å². The van der Waals surface area contributed by atoms with Crippen LogP contribution in [0, 0.1) is 5.92 Å². The number of carbonyl (C=O) groups excluding carboxylic acids is 1. The first kappa shape index (κ1) is 15.2. The van der Waals surface area contributed by atoms with E-state index in [4.69, 9.17) is 0 Å². The molecule has 0 spiro atoms. The van der Waals surface area contributed by atoms with Crippen molar-refractivity contribution in [1.82, 2.24) is 4.90 Å². The maximum atomic E-state index is 12.4. The first-order valence-corrected chi connectivity index (χ1v) is 8.42. The van der Waals surface area contributed by atoms with Crippen LogP contribution in [0.25, 0.3) is 0 Å². The number of benzene rings is 1. The van der Waals surface area contributed by atoms with Crippen LogP contribution in [0.3, 0.4) is 0 Å². The van der Waals surface area contributed by atoms with Crippen LogP contribution in [-0.2, 0) is 4.79 Å². The number of nitrogens with zero attached hydrogens (tertiary/aromatic N) is 2. The first-order chi connectivity index (χ1) is 10.8. The number of fused-ring (bicyclic) bond motifs is 1. The maximum absolute atomic E-state index is 12.4. The van der Waals surface area contributed by atoms with Crippen molar-refractivity contribution in [2.75, 3.05) is 18.5 Å². The van der Waals surface area contributed by atoms with E-state index < -0.39 is 0 Å². The molecule has 0 radical (unpaired) electrons. The lowest BCUT2D eigenvalue weighted by atomic mass is 9.77. The van der Waals surface area contributed by atoms with Gasteiger partial charge in [0, 0.05) is 12.5 Å². The van der Waals surface area contributed by atoms with Gasteiger partial charge in [-0.15, -0.1) is 0 Å². The number of hydrazone groups is 1. The highest BCUT2D eigenvalue weighted by atomic mass is 16.1. The highest BCUT2D eigenvalue weighted by molar-refractivity contribution is 6.40. The van der Waals surface area contributed by atoms with Gasteiger partial charge in [-0.05, 0) is 56.8 Å². The summed E-state index contributed by atoms with van der Waals surface area (Å²) in [6.07, 6.45) is 5.09. The Morgan fingerprint density at radius 1 is 1.27 bits per heavy atom. The number of hydrogen-bond donors (Lipinski definition) is 1. The molecule has 22 heavy (non-hydrogen) atoms. The molecule has 1 saturated carbocycles. The normalized spacial score (nSPS) is 27.7. The molecule has 0 aromatic heterocycles. The second kappa shape index (κ2) is 7.05. The minimum atomic E-state index is 0.215. The van der Waals surface area contributed by atoms with E-state index in [1.54, 1.807) is 0 Å². The van der Waals surface area contributed by atoms with Crippen LogP contribution in [0.5, 0.6) is 0 Å². The number of ketones is 1. The van der Waals surface area contributed by atoms with E-state index in [2.05, 4.69) is 22.4 Å². The van der Waals surface area contributed by atoms with E-state index in [0.29, 0.717) is 18.4 Å². The van der Waals surface area contributed by atoms with Gasteiger partial charge in [-0.3, -0.25) is 15.1 Å². The zero-order chi connectivity index (χ0) is 15.4. The van der Waals surface area contributed by atoms with Gasteiger partial charge in [-0.25, -0.2) is 0 Å². The Morgan fingerprint density at radius 3 is 2.86 bits per heavy atom. The van der Waals surface area contributed by atoms with Gasteiger partial charge in [0.1, 0.15) is 5.71 Å². The smallest absolute Gasteiger partial charge is 0.180 e. The van der Waals surface area contributed by atoms with Gasteiger partial charge in [0.15, 0.2) is 5.78 Å². The fraction of sp³-hybridized carbons (Fsp3) is 0.556. The van der Waals surface area contributed by atoms with E-state index in [9.17, 15) is 4.79 Å². The van der Waals surface area contributed by atoms with E-state index >= 15 is 0 Å². The van der Waals surface area contributed by atoms with Crippen molar-refractivity contribution in [3.05, 3.63) is 30.3 Å². The summed E-state index contributed by atoms with van der Waals surface area (Å²) in [4.78, 5) is 14.9. The van der Waals surface area contributed by atoms with Crippen LogP contribution in [0.15, 0.2) is 35.4 Å². The number of Topliss-reactive ketones (excluding diaryl/α,β-unsaturated/α-hetero) is 1. The molecule has 1 aromatic carbocycles. The monoisotopic (exact) mass is 299 g/mol. The van der Waals surface area contributed by atoms with Crippen LogP contribution in [0.2, 0.25) is 0 Å². The lowest BCUT2D eigenvalue weighted by Crippen LogP contribution is -2.51. The van der Waals surface area contributed by atoms with Crippen molar-refractivity contribution < 1.29 is 4.79 Å². The molecule has 2 atom stereocenters. The van der Waals surface area contributed by atoms with Crippen LogP contribution < -0.4 is 5.43 Å². The molecular weight excluding hydrogens is 274 g/mol. The zero-order valence-electron chi connectivity index (χ0n) is 13.3. The lowest BCUT2D eigenvalue weighted by molar-refractivity contribution is -0.116. The quantitative estimate of drug-likeness (QED) is 0.868. The fourth-order valence-electron chi connectivity index (χ4n) is 3.73. The first-order valence-electron chi connectivity index (χ1n) is 8.42. The predicted octanol–water partition coefficient (Wildman–Crippen LogP) is 3.31. The molecule has 1 aromatic rings. The molecule has 1 aliphatic heterocycles. The number of likely N-dealkylation sites (tertiary alicyclic amines) is 1. The molecule has 2 fully saturated rings. The molecule has 1 N–H and O–H groups in total. The fourth-order valence-corrected chi connectivity index (χ4v) is 3.73. The van der Waals surface area contributed by atoms with Gasteiger partial charge in [-0.1, -0.05) is 25.1 Å². The van der Waals surface area contributed by atoms with Crippen molar-refractivity contribution in [3.8, 4) is 0 Å². The molecular formula is C18H25N3O. The number of rotatable bonds is 4. The van der Waals surface area contributed by atoms with Gasteiger partial charge in [-0.2, -0.15) is 5.10 Å². The van der Waals surface area contributed by atoms with Crippen LogP contribution in [0.1, 0.15) is 39.0 Å². The maximum Gasteiger partial charge on any atom is 0.180 e. The zero-order valence-corrected chi connectivity index (χ0v) is 13.3. The molecule has 4 heteroatoms. The topological polar surface area (TPSA) is 44.7 Å². The molecule has 1 heterocycles. The molecule has 2 aliphatic rings. The second-order valence-electron chi connectivity index (χ2n) is 6.37. The van der Waals surface area contributed by atoms with Crippen molar-refractivity contribution in [1.29, 1.82) is 0 Å². The average Bonchev–Trinajstić information content (AvgIpc) is 2.55. The number of para-hydroxylation sites is 1. The SMILES string of the molecule is CCCN1CCC[C@@H]2CC(=NNc3ccccc3)C(=O)C[C@H]21. The molecule has 0 unspecified atom stereocenters. The van der Waals surface area contributed by atoms with Crippen LogP contribution in [-0.4, -0.2) is 35.5 Å². The summed E-state index contributed by atoms with van der Waals surface area (Å²) >= 11 is 0. The summed E-state index contributed by atoms with van der Waals surface area (Å²) in [7, 11) is 0. The summed E-state index contributed by atoms with van der Waals surface area (Å²) in [6.45, 7) is 4.48. The van der Waals surface area contributed by atoms with Crippen molar-refractivity contribution in [3.63, 3.8) is 0 Å². The lowest BCUT2D eigenvalue weighted by Gasteiger charge is -2.43. The Kier molecular flexibility index (Phi) is 4.88. The largest absolute Gasteiger partial charge is 0.300 e. The molecule has 1 saturated heterocycles. The van der Waals surface area contributed by atoms with Gasteiger partial charge < -0.3 is 0 Å². The third-order valence-corrected chi connectivity index (χ3v) is 4.81. The minimum Gasteiger partial charge on any atom is -0.300 e. The highest BCUT2D eigenvalue weighted by Crippen LogP contribution is 2.33. The van der Waals surface area contributed by atoms with E-state index in [-0.39, 0.29) is 5.78 Å². The summed E-state index contributed by atoms with van der Waals surface area (Å²) in [5, 5.41) is 4.40. The van der Waals surface area contributed by atoms with Gasteiger partial charge in [0.25, 0.3) is 0 Å². The number of piperidine rings is 1. The number of hydrogen-bond acceptors (Lipinski definition) is 4. The molecule has 3 rings (SSSR count). The Bertz CT molecular complexity index is 539. The van der Waals surface area contributed by atoms with Gasteiger partial charge in [0.2, 0.25) is 0 Å². The van der Waals surface area contributed by atoms with Crippen molar-refractivity contribution >= 4 is 17.2 Å². The average molecular weight is 299 g/mol. The third-order valence-electron chi connectivity index (χ3n) is 4.81. The van der Waals surface area contributed by atoms with Crippen LogP contribution >= 0.6 is 0 Å². The van der Waals surface area contributed by atoms with Gasteiger partial charge >= 0.3 is 0 Å². The van der Waals surface area contributed by atoms with E-state index in [1.165, 1.54) is 12.8 Å². The summed E-state index contributed by atoms with van der Waals surface area (Å²) in [6, 6.07) is 10.3. The highest BCUT2D eigenvalue weighted by Gasteiger charge is 2.38. The standard InChI is InChI=1S/C18H25N3O/c1-2-10-21-11-6-7-14-12-16(18(22)13-17(14)21)20-19-15-8-4-3-5-9-15/h3-5,8-9,14,17,19H,2,6-7,10-13H2,1H3/t14-,17-/m1/s1. The van der Waals surface area contributed by atoms with E-state index in [1.807, 2.05) is 30.3 Å². The summed E-state index contributed by atoms with van der Waals surface area (Å²) in [5.74, 6) is 0.807. The third kappa shape index (κ3) is 3.38. The van der Waals surface area contributed by atoms with Crippen LogP contribution in [0.4, 0.5) is 5.69 Å². The Morgan fingerprint density at radius 2 is 2.09 bits per heavy atom. The molecule has 0 bridgehead atoms. The van der Waals surface area contributed by atoms with Crippen molar-refractivity contribution in [2.45, 2.75) is 45.1 Å². The van der Waals surface area contributed by atoms with Gasteiger partial charge in [0.05, 0.1) is 5.69 Å². The molecule has 0 amide bonds. The summed E-state index contributed by atoms with van der Waals surface area (Å²) < 4.78 is 0. The number of carbonyl (C=O) groups is 1. The second-order valence-corrected chi connectivity index (χ2v) is 6.37. The Hall–Kier alpha value is -1.68. The molecule has 118 valence electrons. The molecule has 1 aliphatic carbocycles. The number of anilines is 1. The Labute approximate surface area is 132 Å². The molecule has 4 nitrogen and oxygen atoms in total.